The van der Waals surface area contributed by atoms with Gasteiger partial charge >= 0.3 is 5.97 Å². The van der Waals surface area contributed by atoms with Crippen molar-refractivity contribution in [3.63, 3.8) is 0 Å². The Bertz CT molecular complexity index is 1280. The third-order valence-corrected chi connectivity index (χ3v) is 6.04. The summed E-state index contributed by atoms with van der Waals surface area (Å²) >= 11 is 12.0. The number of halogens is 2. The summed E-state index contributed by atoms with van der Waals surface area (Å²) in [6.45, 7) is 2.59. The molecule has 0 radical (unpaired) electrons. The number of nitrogens with one attached hydrogen (secondary N) is 2. The van der Waals surface area contributed by atoms with Crippen molar-refractivity contribution in [1.29, 1.82) is 0 Å². The molecule has 2 aromatic carbocycles. The molecule has 0 saturated heterocycles. The van der Waals surface area contributed by atoms with Crippen molar-refractivity contribution in [2.24, 2.45) is 0 Å². The van der Waals surface area contributed by atoms with Gasteiger partial charge in [-0.2, -0.15) is 0 Å². The molecule has 3 N–H and O–H groups in total. The quantitative estimate of drug-likeness (QED) is 0.328. The third kappa shape index (κ3) is 5.98. The van der Waals surface area contributed by atoms with Crippen molar-refractivity contribution in [2.75, 3.05) is 29.1 Å². The highest BCUT2D eigenvalue weighted by Crippen LogP contribution is 2.25. The lowest BCUT2D eigenvalue weighted by molar-refractivity contribution is -0.137. The van der Waals surface area contributed by atoms with Crippen LogP contribution in [-0.2, 0) is 11.2 Å². The molecule has 184 valence electrons. The van der Waals surface area contributed by atoms with Crippen LogP contribution in [0.2, 0.25) is 10.0 Å². The van der Waals surface area contributed by atoms with E-state index in [1.54, 1.807) is 36.2 Å². The van der Waals surface area contributed by atoms with Crippen LogP contribution < -0.4 is 26.4 Å². The van der Waals surface area contributed by atoms with Crippen LogP contribution >= 0.6 is 23.2 Å². The molecule has 0 bridgehead atoms. The van der Waals surface area contributed by atoms with Crippen molar-refractivity contribution in [2.45, 2.75) is 32.2 Å². The minimum Gasteiger partial charge on any atom is -0.480 e. The number of pyridine rings is 1. The molecule has 11 heteroatoms. The van der Waals surface area contributed by atoms with Crippen molar-refractivity contribution >= 4 is 52.1 Å². The minimum absolute atomic E-state index is 0.0241. The van der Waals surface area contributed by atoms with E-state index in [-0.39, 0.29) is 33.4 Å². The largest absolute Gasteiger partial charge is 0.480 e. The number of hydrogen-bond donors (Lipinski definition) is 3. The first kappa shape index (κ1) is 26.2. The average Bonchev–Trinajstić information content (AvgIpc) is 2.82. The van der Waals surface area contributed by atoms with Gasteiger partial charge in [-0.1, -0.05) is 48.7 Å². The fourth-order valence-electron chi connectivity index (χ4n) is 3.54. The number of carbonyl (C=O) groups is 2. The van der Waals surface area contributed by atoms with E-state index < -0.39 is 28.8 Å². The molecule has 0 unspecified atom stereocenters. The van der Waals surface area contributed by atoms with E-state index >= 15 is 0 Å². The number of aromatic nitrogens is 1. The lowest BCUT2D eigenvalue weighted by Gasteiger charge is -2.25. The van der Waals surface area contributed by atoms with Crippen LogP contribution in [0.5, 0.6) is 0 Å². The Kier molecular flexibility index (Phi) is 8.48. The van der Waals surface area contributed by atoms with Gasteiger partial charge in [-0.05, 0) is 24.1 Å². The van der Waals surface area contributed by atoms with Crippen LogP contribution in [-0.4, -0.2) is 41.6 Å². The van der Waals surface area contributed by atoms with Gasteiger partial charge in [0, 0.05) is 38.1 Å². The van der Waals surface area contributed by atoms with Crippen LogP contribution in [0.3, 0.4) is 0 Å². The topological polar surface area (TPSA) is 129 Å². The van der Waals surface area contributed by atoms with Crippen molar-refractivity contribution in [1.82, 2.24) is 4.98 Å². The van der Waals surface area contributed by atoms with E-state index in [0.717, 1.165) is 12.8 Å². The highest BCUT2D eigenvalue weighted by molar-refractivity contribution is 6.40. The van der Waals surface area contributed by atoms with Crippen molar-refractivity contribution < 1.29 is 14.7 Å². The molecule has 0 aliphatic carbocycles. The Morgan fingerprint density at radius 3 is 2.29 bits per heavy atom. The highest BCUT2D eigenvalue weighted by atomic mass is 35.5. The van der Waals surface area contributed by atoms with Gasteiger partial charge in [0.1, 0.15) is 17.4 Å². The summed E-state index contributed by atoms with van der Waals surface area (Å²) in [5.74, 6) is -1.68. The summed E-state index contributed by atoms with van der Waals surface area (Å²) in [5, 5.41) is 15.3. The van der Waals surface area contributed by atoms with E-state index in [9.17, 15) is 24.3 Å². The van der Waals surface area contributed by atoms with E-state index in [1.165, 1.54) is 12.4 Å². The lowest BCUT2D eigenvalue weighted by Crippen LogP contribution is -2.45. The second-order valence-electron chi connectivity index (χ2n) is 8.03. The van der Waals surface area contributed by atoms with Gasteiger partial charge in [0.05, 0.1) is 15.6 Å². The predicted octanol–water partition coefficient (Wildman–Crippen LogP) is 3.58. The van der Waals surface area contributed by atoms with Gasteiger partial charge in [0.2, 0.25) is 0 Å². The molecular formula is C24H24Cl2N4O5. The first-order valence-corrected chi connectivity index (χ1v) is 11.6. The maximum Gasteiger partial charge on any atom is 0.326 e. The maximum atomic E-state index is 12.5. The smallest absolute Gasteiger partial charge is 0.326 e. The summed E-state index contributed by atoms with van der Waals surface area (Å²) in [5.41, 5.74) is 0.0746. The van der Waals surface area contributed by atoms with Crippen LogP contribution in [0.15, 0.2) is 46.2 Å². The summed E-state index contributed by atoms with van der Waals surface area (Å²) in [4.78, 5) is 54.1. The van der Waals surface area contributed by atoms with Gasteiger partial charge in [0.25, 0.3) is 16.8 Å². The molecule has 1 aromatic heterocycles. The second kappa shape index (κ2) is 11.3. The first-order chi connectivity index (χ1) is 16.6. The Morgan fingerprint density at radius 1 is 1.09 bits per heavy atom. The molecule has 0 aliphatic heterocycles. The number of rotatable bonds is 11. The molecule has 35 heavy (non-hydrogen) atoms. The molecule has 3 rings (SSSR count). The molecule has 0 fully saturated rings. The third-order valence-electron chi connectivity index (χ3n) is 5.46. The van der Waals surface area contributed by atoms with E-state index in [4.69, 9.17) is 23.2 Å². The molecule has 3 aromatic rings. The van der Waals surface area contributed by atoms with Gasteiger partial charge < -0.3 is 20.6 Å². The maximum absolute atomic E-state index is 12.5. The molecule has 1 amide bonds. The van der Waals surface area contributed by atoms with Gasteiger partial charge in [-0.3, -0.25) is 19.4 Å². The van der Waals surface area contributed by atoms with E-state index in [2.05, 4.69) is 15.6 Å². The van der Waals surface area contributed by atoms with Crippen LogP contribution in [0.25, 0.3) is 0 Å². The fourth-order valence-corrected chi connectivity index (χ4v) is 4.08. The Balaban J connectivity index is 1.71. The number of carboxylic acids is 1. The molecule has 0 spiro atoms. The molecule has 0 aliphatic rings. The fraction of sp³-hybridized carbons (Fsp3) is 0.292. The zero-order valence-corrected chi connectivity index (χ0v) is 20.6. The SMILES string of the molecule is CCCCN(C)c1c(N[C@@H](Cc2ccc(NC(=O)c3c(Cl)cncc3Cl)cc2)C(=O)O)c(=O)c1=O. The lowest BCUT2D eigenvalue weighted by atomic mass is 10.0. The number of amides is 1. The number of nitrogens with zero attached hydrogens (tertiary/aromatic N) is 2. The summed E-state index contributed by atoms with van der Waals surface area (Å²) in [7, 11) is 1.70. The first-order valence-electron chi connectivity index (χ1n) is 10.9. The normalized spacial score (nSPS) is 11.8. The van der Waals surface area contributed by atoms with Gasteiger partial charge in [-0.25, -0.2) is 4.79 Å². The number of anilines is 3. The molecular weight excluding hydrogens is 495 g/mol. The monoisotopic (exact) mass is 518 g/mol. The Labute approximate surface area is 211 Å². The molecule has 0 saturated carbocycles. The van der Waals surface area contributed by atoms with Crippen LogP contribution in [0.1, 0.15) is 35.7 Å². The van der Waals surface area contributed by atoms with Crippen LogP contribution in [0.4, 0.5) is 17.1 Å². The van der Waals surface area contributed by atoms with E-state index in [0.29, 0.717) is 17.8 Å². The van der Waals surface area contributed by atoms with Crippen molar-refractivity contribution in [3.05, 3.63) is 78.3 Å². The number of hydrogen-bond acceptors (Lipinski definition) is 7. The number of aliphatic carboxylic acids is 1. The van der Waals surface area contributed by atoms with Crippen LogP contribution in [0, 0.1) is 0 Å². The predicted molar refractivity (Wildman–Crippen MR) is 137 cm³/mol. The average molecular weight is 519 g/mol. The highest BCUT2D eigenvalue weighted by Gasteiger charge is 2.28. The summed E-state index contributed by atoms with van der Waals surface area (Å²) in [6.07, 6.45) is 4.42. The number of benzene rings is 1. The number of unbranched alkanes of at least 4 members (excludes halogenated alkanes) is 1. The minimum atomic E-state index is -1.17. The van der Waals surface area contributed by atoms with Crippen molar-refractivity contribution in [3.8, 4) is 0 Å². The molecule has 9 nitrogen and oxygen atoms in total. The summed E-state index contributed by atoms with van der Waals surface area (Å²) in [6, 6.07) is 5.39. The Morgan fingerprint density at radius 2 is 1.71 bits per heavy atom. The zero-order chi connectivity index (χ0) is 25.7. The number of carboxylic acid groups (broad SMARTS) is 1. The second-order valence-corrected chi connectivity index (χ2v) is 8.84. The standard InChI is InChI=1S/C24H24Cl2N4O5/c1-3-4-9-30(2)20-19(21(31)22(20)32)29-17(24(34)35)10-13-5-7-14(8-6-13)28-23(33)18-15(25)11-27-12-16(18)26/h5-8,11-12,17,29H,3-4,9-10H2,1-2H3,(H,28,33)(H,34,35)/t17-/m0/s1. The van der Waals surface area contributed by atoms with Gasteiger partial charge in [-0.15, -0.1) is 0 Å². The number of carbonyl (C=O) groups excluding carboxylic acids is 1. The Hall–Kier alpha value is -3.43. The van der Waals surface area contributed by atoms with E-state index in [1.807, 2.05) is 6.92 Å². The molecule has 1 heterocycles. The zero-order valence-electron chi connectivity index (χ0n) is 19.1. The molecule has 1 atom stereocenters. The summed E-state index contributed by atoms with van der Waals surface area (Å²) < 4.78 is 0. The van der Waals surface area contributed by atoms with Gasteiger partial charge in [0.15, 0.2) is 0 Å².